The highest BCUT2D eigenvalue weighted by Gasteiger charge is 2.38. The number of sulfonamides is 1. The van der Waals surface area contributed by atoms with E-state index in [1.807, 2.05) is 0 Å². The van der Waals surface area contributed by atoms with Crippen LogP contribution in [0, 0.1) is 11.6 Å². The molecule has 1 aliphatic heterocycles. The van der Waals surface area contributed by atoms with Crippen molar-refractivity contribution < 1.29 is 45.7 Å². The summed E-state index contributed by atoms with van der Waals surface area (Å²) in [6.07, 6.45) is 0.394. The molecule has 0 saturated carbocycles. The highest BCUT2D eigenvalue weighted by Crippen LogP contribution is 2.34. The Morgan fingerprint density at radius 1 is 1.04 bits per heavy atom. The molecule has 1 atom stereocenters. The standard InChI is InChI=1S/C33H34ClF2N5O8S2/c1-33(2,3)49-32(43)39-16-23(41(30(42)17-39)22-9-7-21(34)8-10-22)18-48-28-13-26(36)29(14-25(28)35)51(44,45)40(31-37-19-38-50-31)15-20-6-11-24(46-4)12-27(20)47-5/h6-14,19,23H,15-18H2,1-5H3/t23-/m0/s1. The largest absolute Gasteiger partial charge is 0.497 e. The fraction of sp³-hybridized carbons (Fsp3) is 0.333. The molecule has 0 unspecified atom stereocenters. The lowest BCUT2D eigenvalue weighted by molar-refractivity contribution is -0.122. The van der Waals surface area contributed by atoms with E-state index in [9.17, 15) is 18.0 Å². The maximum Gasteiger partial charge on any atom is 0.410 e. The minimum Gasteiger partial charge on any atom is -0.497 e. The van der Waals surface area contributed by atoms with E-state index in [1.165, 1.54) is 24.0 Å². The molecule has 0 radical (unpaired) electrons. The summed E-state index contributed by atoms with van der Waals surface area (Å²) in [5, 5.41) is 0.318. The van der Waals surface area contributed by atoms with Crippen molar-refractivity contribution in [3.05, 3.63) is 83.1 Å². The molecule has 0 N–H and O–H groups in total. The Hall–Kier alpha value is -4.74. The molecule has 4 aromatic rings. The Morgan fingerprint density at radius 3 is 2.39 bits per heavy atom. The molecule has 1 aromatic heterocycles. The highest BCUT2D eigenvalue weighted by molar-refractivity contribution is 7.93. The number of rotatable bonds is 11. The third-order valence-corrected chi connectivity index (χ3v) is 10.3. The molecule has 5 rings (SSSR count). The number of halogens is 3. The van der Waals surface area contributed by atoms with Crippen LogP contribution in [0.25, 0.3) is 0 Å². The fourth-order valence-electron chi connectivity index (χ4n) is 5.19. The summed E-state index contributed by atoms with van der Waals surface area (Å²) in [5.41, 5.74) is -0.0278. The first kappa shape index (κ1) is 37.5. The number of anilines is 2. The second-order valence-electron chi connectivity index (χ2n) is 12.2. The monoisotopic (exact) mass is 765 g/mol. The summed E-state index contributed by atoms with van der Waals surface area (Å²) in [6.45, 7) is 3.88. The number of hydrogen-bond acceptors (Lipinski definition) is 11. The topological polar surface area (TPSA) is 141 Å². The van der Waals surface area contributed by atoms with E-state index >= 15 is 8.78 Å². The summed E-state index contributed by atoms with van der Waals surface area (Å²) >= 11 is 6.78. The molecule has 2 heterocycles. The molecule has 0 bridgehead atoms. The number of benzene rings is 3. The van der Waals surface area contributed by atoms with Crippen LogP contribution in [-0.2, 0) is 26.1 Å². The van der Waals surface area contributed by atoms with Gasteiger partial charge in [0.05, 0.1) is 26.8 Å². The van der Waals surface area contributed by atoms with Gasteiger partial charge in [-0.05, 0) is 57.2 Å². The van der Waals surface area contributed by atoms with Crippen molar-refractivity contribution in [3.8, 4) is 17.2 Å². The third-order valence-electron chi connectivity index (χ3n) is 7.50. The minimum atomic E-state index is -4.79. The smallest absolute Gasteiger partial charge is 0.410 e. The Kier molecular flexibility index (Phi) is 11.2. The first-order valence-electron chi connectivity index (χ1n) is 15.3. The molecule has 0 spiro atoms. The lowest BCUT2D eigenvalue weighted by Gasteiger charge is -2.41. The van der Waals surface area contributed by atoms with E-state index in [4.69, 9.17) is 30.5 Å². The summed E-state index contributed by atoms with van der Waals surface area (Å²) in [5.74, 6) is -2.87. The van der Waals surface area contributed by atoms with Crippen LogP contribution in [-0.4, -0.2) is 80.2 Å². The van der Waals surface area contributed by atoms with Gasteiger partial charge in [-0.3, -0.25) is 9.69 Å². The van der Waals surface area contributed by atoms with Gasteiger partial charge in [0.1, 0.15) is 47.3 Å². The van der Waals surface area contributed by atoms with Gasteiger partial charge >= 0.3 is 6.09 Å². The van der Waals surface area contributed by atoms with Gasteiger partial charge in [0.15, 0.2) is 11.6 Å². The van der Waals surface area contributed by atoms with Crippen LogP contribution in [0.3, 0.4) is 0 Å². The molecule has 18 heteroatoms. The van der Waals surface area contributed by atoms with E-state index < -0.39 is 62.6 Å². The van der Waals surface area contributed by atoms with Gasteiger partial charge < -0.3 is 23.8 Å². The predicted octanol–water partition coefficient (Wildman–Crippen LogP) is 5.91. The van der Waals surface area contributed by atoms with Crippen molar-refractivity contribution >= 4 is 56.0 Å². The maximum absolute atomic E-state index is 15.8. The highest BCUT2D eigenvalue weighted by atomic mass is 35.5. The number of nitrogens with zero attached hydrogens (tertiary/aromatic N) is 5. The number of carbonyl (C=O) groups excluding carboxylic acids is 2. The van der Waals surface area contributed by atoms with E-state index in [0.717, 1.165) is 22.2 Å². The average molecular weight is 766 g/mol. The van der Waals surface area contributed by atoms with Crippen molar-refractivity contribution in [2.24, 2.45) is 0 Å². The molecule has 2 amide bonds. The van der Waals surface area contributed by atoms with Crippen LogP contribution < -0.4 is 23.4 Å². The van der Waals surface area contributed by atoms with Gasteiger partial charge in [-0.1, -0.05) is 11.6 Å². The number of hydrogen-bond donors (Lipinski definition) is 0. The van der Waals surface area contributed by atoms with Gasteiger partial charge in [0, 0.05) is 52.5 Å². The molecule has 3 aromatic carbocycles. The SMILES string of the molecule is COc1ccc(CN(c2ncns2)S(=O)(=O)c2cc(F)c(OC[C@@H]3CN(C(=O)OC(C)(C)C)CC(=O)N3c3ccc(Cl)cc3)cc2F)c(OC)c1. The third kappa shape index (κ3) is 8.60. The molecule has 0 aliphatic carbocycles. The van der Waals surface area contributed by atoms with E-state index in [-0.39, 0.29) is 30.5 Å². The summed E-state index contributed by atoms with van der Waals surface area (Å²) < 4.78 is 85.8. The fourth-order valence-corrected chi connectivity index (χ4v) is 7.50. The van der Waals surface area contributed by atoms with Gasteiger partial charge in [0.25, 0.3) is 10.0 Å². The number of piperazine rings is 1. The van der Waals surface area contributed by atoms with Gasteiger partial charge in [-0.2, -0.15) is 4.37 Å². The van der Waals surface area contributed by atoms with Crippen LogP contribution in [0.1, 0.15) is 26.3 Å². The van der Waals surface area contributed by atoms with Crippen molar-refractivity contribution in [3.63, 3.8) is 0 Å². The Bertz CT molecular complexity index is 2000. The number of carbonyl (C=O) groups is 2. The van der Waals surface area contributed by atoms with Crippen LogP contribution in [0.15, 0.2) is 65.8 Å². The number of methoxy groups -OCH3 is 2. The number of aromatic nitrogens is 2. The average Bonchev–Trinajstić information content (AvgIpc) is 3.61. The predicted molar refractivity (Wildman–Crippen MR) is 185 cm³/mol. The Balaban J connectivity index is 1.43. The zero-order valence-electron chi connectivity index (χ0n) is 28.1. The van der Waals surface area contributed by atoms with Crippen LogP contribution in [0.2, 0.25) is 5.02 Å². The first-order valence-corrected chi connectivity index (χ1v) is 17.9. The zero-order chi connectivity index (χ0) is 37.1. The van der Waals surface area contributed by atoms with Crippen molar-refractivity contribution in [2.45, 2.75) is 43.9 Å². The Morgan fingerprint density at radius 2 is 1.76 bits per heavy atom. The molecule has 1 fully saturated rings. The molecule has 1 saturated heterocycles. The van der Waals surface area contributed by atoms with Crippen molar-refractivity contribution in [1.82, 2.24) is 14.3 Å². The molecular weight excluding hydrogens is 732 g/mol. The number of ether oxygens (including phenoxy) is 4. The van der Waals surface area contributed by atoms with Crippen LogP contribution >= 0.6 is 23.1 Å². The van der Waals surface area contributed by atoms with E-state index in [2.05, 4.69) is 9.36 Å². The summed E-state index contributed by atoms with van der Waals surface area (Å²) in [6, 6.07) is 11.3. The van der Waals surface area contributed by atoms with Crippen LogP contribution in [0.5, 0.6) is 17.2 Å². The zero-order valence-corrected chi connectivity index (χ0v) is 30.5. The molecular formula is C33H34ClF2N5O8S2. The van der Waals surface area contributed by atoms with Crippen molar-refractivity contribution in [1.29, 1.82) is 0 Å². The van der Waals surface area contributed by atoms with Gasteiger partial charge in [-0.25, -0.2) is 31.3 Å². The molecule has 272 valence electrons. The number of amides is 2. The molecule has 13 nitrogen and oxygen atoms in total. The van der Waals surface area contributed by atoms with Crippen LogP contribution in [0.4, 0.5) is 24.4 Å². The molecule has 1 aliphatic rings. The van der Waals surface area contributed by atoms with Crippen molar-refractivity contribution in [2.75, 3.05) is 43.1 Å². The van der Waals surface area contributed by atoms with Gasteiger partial charge in [0.2, 0.25) is 11.0 Å². The lowest BCUT2D eigenvalue weighted by Crippen LogP contribution is -2.60. The summed E-state index contributed by atoms with van der Waals surface area (Å²) in [4.78, 5) is 31.9. The summed E-state index contributed by atoms with van der Waals surface area (Å²) in [7, 11) is -1.94. The van der Waals surface area contributed by atoms with E-state index in [1.54, 1.807) is 63.2 Å². The normalized spacial score (nSPS) is 15.1. The maximum atomic E-state index is 15.8. The molecule has 51 heavy (non-hydrogen) atoms. The lowest BCUT2D eigenvalue weighted by atomic mass is 10.1. The first-order chi connectivity index (χ1) is 24.1. The quantitative estimate of drug-likeness (QED) is 0.181. The Labute approximate surface area is 302 Å². The van der Waals surface area contributed by atoms with Gasteiger partial charge in [-0.15, -0.1) is 0 Å². The second kappa shape index (κ2) is 15.2. The van der Waals surface area contributed by atoms with E-state index in [0.29, 0.717) is 34.2 Å². The second-order valence-corrected chi connectivity index (χ2v) is 15.2. The minimum absolute atomic E-state index is 0.0779.